The van der Waals surface area contributed by atoms with Crippen molar-refractivity contribution in [2.45, 2.75) is 67.4 Å². The van der Waals surface area contributed by atoms with Crippen LogP contribution in [0.25, 0.3) is 0 Å². The van der Waals surface area contributed by atoms with E-state index in [2.05, 4.69) is 0 Å². The fraction of sp³-hybridized carbons (Fsp3) is 0.357. The van der Waals surface area contributed by atoms with Crippen LogP contribution < -0.4 is 5.73 Å². The number of hydrogen-bond acceptors (Lipinski definition) is 4. The Bertz CT molecular complexity index is 1200. The second-order valence-electron chi connectivity index (χ2n) is 9.65. The Hall–Kier alpha value is -2.54. The van der Waals surface area contributed by atoms with E-state index in [1.165, 1.54) is 24.3 Å². The molecule has 0 radical (unpaired) electrons. The average Bonchev–Trinajstić information content (AvgIpc) is 2.84. The summed E-state index contributed by atoms with van der Waals surface area (Å²) in [6.45, 7) is 4.50. The highest BCUT2D eigenvalue weighted by molar-refractivity contribution is 7.92. The maximum absolute atomic E-state index is 13.9. The Labute approximate surface area is 201 Å². The summed E-state index contributed by atoms with van der Waals surface area (Å²) in [6.07, 6.45) is 2.10. The molecule has 0 unspecified atom stereocenters. The molecular formula is C28H32FNO3S. The predicted octanol–water partition coefficient (Wildman–Crippen LogP) is 5.85. The highest BCUT2D eigenvalue weighted by Gasteiger charge is 2.48. The fourth-order valence-electron chi connectivity index (χ4n) is 4.76. The normalized spacial score (nSPS) is 21.4. The smallest absolute Gasteiger partial charge is 0.188 e. The molecule has 3 aromatic carbocycles. The molecule has 1 fully saturated rings. The van der Waals surface area contributed by atoms with Crippen LogP contribution in [0, 0.1) is 5.82 Å². The zero-order chi connectivity index (χ0) is 24.4. The summed E-state index contributed by atoms with van der Waals surface area (Å²) in [4.78, 5) is 0.139. The third-order valence-corrected chi connectivity index (χ3v) is 9.59. The van der Waals surface area contributed by atoms with Gasteiger partial charge < -0.3 is 10.5 Å². The van der Waals surface area contributed by atoms with E-state index in [4.69, 9.17) is 10.5 Å². The van der Waals surface area contributed by atoms with Crippen molar-refractivity contribution in [1.82, 2.24) is 0 Å². The summed E-state index contributed by atoms with van der Waals surface area (Å²) in [5.41, 5.74) is 8.39. The highest BCUT2D eigenvalue weighted by atomic mass is 32.2. The molecule has 0 bridgehead atoms. The molecule has 180 valence electrons. The second kappa shape index (κ2) is 9.61. The number of ether oxygens (including phenoxy) is 1. The maximum atomic E-state index is 13.9. The van der Waals surface area contributed by atoms with Crippen LogP contribution in [-0.4, -0.2) is 14.5 Å². The van der Waals surface area contributed by atoms with Crippen LogP contribution in [-0.2, 0) is 31.5 Å². The third-order valence-electron chi connectivity index (χ3n) is 7.02. The van der Waals surface area contributed by atoms with E-state index in [-0.39, 0.29) is 10.9 Å². The molecule has 0 atom stereocenters. The van der Waals surface area contributed by atoms with E-state index in [1.54, 1.807) is 0 Å². The predicted molar refractivity (Wildman–Crippen MR) is 132 cm³/mol. The van der Waals surface area contributed by atoms with Gasteiger partial charge in [-0.3, -0.25) is 0 Å². The van der Waals surface area contributed by atoms with Crippen molar-refractivity contribution in [1.29, 1.82) is 0 Å². The van der Waals surface area contributed by atoms with Gasteiger partial charge in [0.15, 0.2) is 9.84 Å². The minimum atomic E-state index is -3.76. The molecule has 4 rings (SSSR count). The van der Waals surface area contributed by atoms with Gasteiger partial charge >= 0.3 is 0 Å². The fourth-order valence-corrected chi connectivity index (χ4v) is 6.92. The van der Waals surface area contributed by atoms with Gasteiger partial charge in [-0.05, 0) is 80.5 Å². The largest absolute Gasteiger partial charge is 0.366 e. The van der Waals surface area contributed by atoms with E-state index in [1.807, 2.05) is 68.4 Å². The molecule has 0 aromatic heterocycles. The van der Waals surface area contributed by atoms with Gasteiger partial charge in [0.1, 0.15) is 10.6 Å². The molecule has 1 aliphatic rings. The zero-order valence-corrected chi connectivity index (χ0v) is 20.5. The summed E-state index contributed by atoms with van der Waals surface area (Å²) in [5, 5.41) is 0. The lowest BCUT2D eigenvalue weighted by Gasteiger charge is -2.39. The summed E-state index contributed by atoms with van der Waals surface area (Å²) in [5.74, 6) is -0.458. The molecule has 1 saturated carbocycles. The molecule has 0 aliphatic heterocycles. The van der Waals surface area contributed by atoms with Crippen LogP contribution in [0.3, 0.4) is 0 Å². The molecular weight excluding hydrogens is 449 g/mol. The minimum Gasteiger partial charge on any atom is -0.366 e. The number of benzene rings is 3. The van der Waals surface area contributed by atoms with Crippen molar-refractivity contribution < 1.29 is 17.5 Å². The minimum absolute atomic E-state index is 0.0128. The zero-order valence-electron chi connectivity index (χ0n) is 19.7. The lowest BCUT2D eigenvalue weighted by atomic mass is 9.80. The Morgan fingerprint density at radius 3 is 2.12 bits per heavy atom. The lowest BCUT2D eigenvalue weighted by molar-refractivity contribution is -0.0337. The number of halogens is 1. The molecule has 3 aromatic rings. The van der Waals surface area contributed by atoms with Crippen LogP contribution >= 0.6 is 0 Å². The van der Waals surface area contributed by atoms with E-state index >= 15 is 0 Å². The molecule has 1 aliphatic carbocycles. The number of sulfone groups is 1. The summed E-state index contributed by atoms with van der Waals surface area (Å²) < 4.78 is 46.4. The summed E-state index contributed by atoms with van der Waals surface area (Å²) in [6, 6.07) is 22.8. The molecule has 0 spiro atoms. The van der Waals surface area contributed by atoms with E-state index in [0.29, 0.717) is 32.3 Å². The highest BCUT2D eigenvalue weighted by Crippen LogP contribution is 2.47. The van der Waals surface area contributed by atoms with Crippen LogP contribution in [0.15, 0.2) is 83.8 Å². The Morgan fingerprint density at radius 1 is 0.941 bits per heavy atom. The summed E-state index contributed by atoms with van der Waals surface area (Å²) >= 11 is 0. The second-order valence-corrected chi connectivity index (χ2v) is 11.9. The van der Waals surface area contributed by atoms with Gasteiger partial charge in [-0.25, -0.2) is 12.8 Å². The van der Waals surface area contributed by atoms with Crippen LogP contribution in [0.4, 0.5) is 4.39 Å². The quantitative estimate of drug-likeness (QED) is 0.430. The van der Waals surface area contributed by atoms with Crippen LogP contribution in [0.1, 0.15) is 56.2 Å². The van der Waals surface area contributed by atoms with E-state index in [9.17, 15) is 12.8 Å². The molecule has 0 saturated heterocycles. The molecule has 0 heterocycles. The van der Waals surface area contributed by atoms with Crippen molar-refractivity contribution in [3.05, 3.63) is 101 Å². The standard InChI is InChI=1S/C28H32FNO3S/c1-27(2,33-20-21-6-4-3-5-7-21)22-8-10-23(11-9-22)28(18-16-25(30)17-19-28)34(31,32)26-14-12-24(29)13-15-26/h3-15,25H,16-20,30H2,1-2H3. The van der Waals surface area contributed by atoms with Gasteiger partial charge in [-0.15, -0.1) is 0 Å². The number of nitrogens with two attached hydrogens (primary N) is 1. The average molecular weight is 482 g/mol. The number of rotatable bonds is 7. The van der Waals surface area contributed by atoms with Crippen LogP contribution in [0.5, 0.6) is 0 Å². The van der Waals surface area contributed by atoms with E-state index < -0.39 is 26.0 Å². The molecule has 6 heteroatoms. The Kier molecular flexibility index (Phi) is 6.94. The van der Waals surface area contributed by atoms with Gasteiger partial charge in [0, 0.05) is 6.04 Å². The first-order valence-corrected chi connectivity index (χ1v) is 13.2. The third kappa shape index (κ3) is 4.81. The van der Waals surface area contributed by atoms with Crippen molar-refractivity contribution in [2.24, 2.45) is 5.73 Å². The molecule has 0 amide bonds. The van der Waals surface area contributed by atoms with Crippen molar-refractivity contribution in [2.75, 3.05) is 0 Å². The molecule has 2 N–H and O–H groups in total. The number of hydrogen-bond donors (Lipinski definition) is 1. The topological polar surface area (TPSA) is 69.4 Å². The van der Waals surface area contributed by atoms with Gasteiger partial charge in [0.2, 0.25) is 0 Å². The van der Waals surface area contributed by atoms with Gasteiger partial charge in [0.05, 0.1) is 17.1 Å². The van der Waals surface area contributed by atoms with Gasteiger partial charge in [-0.2, -0.15) is 0 Å². The van der Waals surface area contributed by atoms with Gasteiger partial charge in [0.25, 0.3) is 0 Å². The van der Waals surface area contributed by atoms with Crippen molar-refractivity contribution >= 4 is 9.84 Å². The molecule has 4 nitrogen and oxygen atoms in total. The van der Waals surface area contributed by atoms with Crippen LogP contribution in [0.2, 0.25) is 0 Å². The molecule has 34 heavy (non-hydrogen) atoms. The first-order chi connectivity index (χ1) is 16.1. The first kappa shape index (κ1) is 24.6. The first-order valence-electron chi connectivity index (χ1n) is 11.7. The van der Waals surface area contributed by atoms with Gasteiger partial charge in [-0.1, -0.05) is 54.6 Å². The Balaban J connectivity index is 1.65. The SMILES string of the molecule is CC(C)(OCc1ccccc1)c1ccc(C2(S(=O)(=O)c3ccc(F)cc3)CCC(N)CC2)cc1. The van der Waals surface area contributed by atoms with E-state index in [0.717, 1.165) is 16.7 Å². The van der Waals surface area contributed by atoms with Crippen molar-refractivity contribution in [3.8, 4) is 0 Å². The summed E-state index contributed by atoms with van der Waals surface area (Å²) in [7, 11) is -3.76. The monoisotopic (exact) mass is 481 g/mol. The Morgan fingerprint density at radius 2 is 1.53 bits per heavy atom. The lowest BCUT2D eigenvalue weighted by Crippen LogP contribution is -2.43. The van der Waals surface area contributed by atoms with Crippen molar-refractivity contribution in [3.63, 3.8) is 0 Å². The maximum Gasteiger partial charge on any atom is 0.188 e.